The molecule has 0 aromatic heterocycles. The summed E-state index contributed by atoms with van der Waals surface area (Å²) in [5.74, 6) is -0.739. The maximum Gasteiger partial charge on any atom is 0.261 e. The molecular formula is C19H20BrN3O4S. The van der Waals surface area contributed by atoms with Crippen molar-refractivity contribution < 1.29 is 18.0 Å². The third-order valence-electron chi connectivity index (χ3n) is 4.67. The van der Waals surface area contributed by atoms with E-state index < -0.39 is 10.0 Å². The number of nitrogens with two attached hydrogens (primary N) is 1. The first-order chi connectivity index (χ1) is 13.3. The van der Waals surface area contributed by atoms with Crippen molar-refractivity contribution in [1.82, 2.24) is 4.90 Å². The number of amides is 2. The number of nitrogens with one attached hydrogen (secondary N) is 1. The predicted octanol–water partition coefficient (Wildman–Crippen LogP) is 2.59. The van der Waals surface area contributed by atoms with Crippen LogP contribution in [-0.4, -0.2) is 38.2 Å². The normalized spacial score (nSPS) is 15.2. The molecule has 0 spiro atoms. The number of likely N-dealkylation sites (tertiary alicyclic amines) is 1. The minimum atomic E-state index is -3.76. The smallest absolute Gasteiger partial charge is 0.261 e. The standard InChI is InChI=1S/C19H20BrN3O4S/c20-15-4-6-17(7-5-15)28(26,27)22-16-3-1-2-14(12-16)19(25)23-10-8-13(9-11-23)18(21)24/h1-7,12-13,22H,8-11H2,(H2,21,24). The fraction of sp³-hybridized carbons (Fsp3) is 0.263. The number of sulfonamides is 1. The number of hydrogen-bond acceptors (Lipinski definition) is 4. The monoisotopic (exact) mass is 465 g/mol. The van der Waals surface area contributed by atoms with Crippen LogP contribution in [-0.2, 0) is 14.8 Å². The number of piperidine rings is 1. The van der Waals surface area contributed by atoms with Crippen molar-refractivity contribution in [2.75, 3.05) is 17.8 Å². The lowest BCUT2D eigenvalue weighted by Gasteiger charge is -2.30. The highest BCUT2D eigenvalue weighted by Crippen LogP contribution is 2.22. The Labute approximate surface area is 172 Å². The van der Waals surface area contributed by atoms with Crippen LogP contribution in [0.2, 0.25) is 0 Å². The minimum Gasteiger partial charge on any atom is -0.369 e. The molecule has 2 aromatic rings. The maximum absolute atomic E-state index is 12.7. The number of benzene rings is 2. The summed E-state index contributed by atoms with van der Waals surface area (Å²) in [6.07, 6.45) is 1.08. The minimum absolute atomic E-state index is 0.126. The van der Waals surface area contributed by atoms with Gasteiger partial charge in [-0.1, -0.05) is 22.0 Å². The van der Waals surface area contributed by atoms with Gasteiger partial charge in [-0.15, -0.1) is 0 Å². The van der Waals surface area contributed by atoms with Crippen LogP contribution in [0.15, 0.2) is 57.9 Å². The Morgan fingerprint density at radius 3 is 2.32 bits per heavy atom. The first kappa shape index (κ1) is 20.3. The Balaban J connectivity index is 1.72. The second-order valence-electron chi connectivity index (χ2n) is 6.61. The molecule has 0 bridgehead atoms. The molecular weight excluding hydrogens is 446 g/mol. The van der Waals surface area contributed by atoms with Crippen molar-refractivity contribution in [2.24, 2.45) is 11.7 Å². The summed E-state index contributed by atoms with van der Waals surface area (Å²) in [6.45, 7) is 0.891. The summed E-state index contributed by atoms with van der Waals surface area (Å²) in [6, 6.07) is 12.6. The van der Waals surface area contributed by atoms with Crippen molar-refractivity contribution in [3.8, 4) is 0 Å². The summed E-state index contributed by atoms with van der Waals surface area (Å²) in [5.41, 5.74) is 6.01. The van der Waals surface area contributed by atoms with E-state index >= 15 is 0 Å². The molecule has 28 heavy (non-hydrogen) atoms. The van der Waals surface area contributed by atoms with Crippen LogP contribution in [0.4, 0.5) is 5.69 Å². The van der Waals surface area contributed by atoms with Crippen LogP contribution in [0.1, 0.15) is 23.2 Å². The van der Waals surface area contributed by atoms with Gasteiger partial charge in [0.1, 0.15) is 0 Å². The van der Waals surface area contributed by atoms with Gasteiger partial charge in [-0.3, -0.25) is 14.3 Å². The van der Waals surface area contributed by atoms with Crippen LogP contribution in [0.3, 0.4) is 0 Å². The number of primary amides is 1. The van der Waals surface area contributed by atoms with E-state index in [4.69, 9.17) is 5.73 Å². The van der Waals surface area contributed by atoms with E-state index in [-0.39, 0.29) is 22.6 Å². The molecule has 1 aliphatic rings. The quantitative estimate of drug-likeness (QED) is 0.706. The molecule has 1 saturated heterocycles. The summed E-state index contributed by atoms with van der Waals surface area (Å²) in [7, 11) is -3.76. The van der Waals surface area contributed by atoms with Crippen LogP contribution < -0.4 is 10.5 Å². The zero-order valence-electron chi connectivity index (χ0n) is 15.0. The molecule has 0 aliphatic carbocycles. The van der Waals surface area contributed by atoms with Crippen LogP contribution in [0.5, 0.6) is 0 Å². The lowest BCUT2D eigenvalue weighted by molar-refractivity contribution is -0.123. The average Bonchev–Trinajstić information content (AvgIpc) is 2.67. The molecule has 2 aromatic carbocycles. The third-order valence-corrected chi connectivity index (χ3v) is 6.60. The fourth-order valence-electron chi connectivity index (χ4n) is 3.09. The molecule has 148 valence electrons. The first-order valence-corrected chi connectivity index (χ1v) is 11.0. The number of rotatable bonds is 5. The van der Waals surface area contributed by atoms with Crippen LogP contribution >= 0.6 is 15.9 Å². The Bertz CT molecular complexity index is 984. The highest BCUT2D eigenvalue weighted by Gasteiger charge is 2.26. The number of anilines is 1. The Kier molecular flexibility index (Phi) is 6.04. The largest absolute Gasteiger partial charge is 0.369 e. The highest BCUT2D eigenvalue weighted by atomic mass is 79.9. The first-order valence-electron chi connectivity index (χ1n) is 8.73. The summed E-state index contributed by atoms with van der Waals surface area (Å²) in [4.78, 5) is 25.8. The number of halogens is 1. The fourth-order valence-corrected chi connectivity index (χ4v) is 4.41. The van der Waals surface area contributed by atoms with Gasteiger partial charge in [0.25, 0.3) is 15.9 Å². The van der Waals surface area contributed by atoms with Crippen molar-refractivity contribution >= 4 is 43.5 Å². The van der Waals surface area contributed by atoms with E-state index in [1.807, 2.05) is 0 Å². The number of hydrogen-bond donors (Lipinski definition) is 2. The third kappa shape index (κ3) is 4.71. The molecule has 3 rings (SSSR count). The van der Waals surface area contributed by atoms with Crippen molar-refractivity contribution in [3.63, 3.8) is 0 Å². The molecule has 9 heteroatoms. The average molecular weight is 466 g/mol. The molecule has 1 heterocycles. The SMILES string of the molecule is NC(=O)C1CCN(C(=O)c2cccc(NS(=O)(=O)c3ccc(Br)cc3)c2)CC1. The highest BCUT2D eigenvalue weighted by molar-refractivity contribution is 9.10. The Morgan fingerprint density at radius 1 is 1.07 bits per heavy atom. The van der Waals surface area contributed by atoms with Gasteiger partial charge < -0.3 is 10.6 Å². The molecule has 0 saturated carbocycles. The van der Waals surface area contributed by atoms with Crippen molar-refractivity contribution in [3.05, 3.63) is 58.6 Å². The van der Waals surface area contributed by atoms with E-state index in [0.717, 1.165) is 4.47 Å². The summed E-state index contributed by atoms with van der Waals surface area (Å²) < 4.78 is 28.3. The van der Waals surface area contributed by atoms with E-state index in [1.165, 1.54) is 18.2 Å². The lowest BCUT2D eigenvalue weighted by atomic mass is 9.96. The summed E-state index contributed by atoms with van der Waals surface area (Å²) >= 11 is 3.27. The number of carbonyl (C=O) groups excluding carboxylic acids is 2. The van der Waals surface area contributed by atoms with Gasteiger partial charge in [0.15, 0.2) is 0 Å². The number of nitrogens with zero attached hydrogens (tertiary/aromatic N) is 1. The molecule has 1 aliphatic heterocycles. The molecule has 0 radical (unpaired) electrons. The molecule has 7 nitrogen and oxygen atoms in total. The van der Waals surface area contributed by atoms with Crippen molar-refractivity contribution in [1.29, 1.82) is 0 Å². The van der Waals surface area contributed by atoms with Gasteiger partial charge in [-0.2, -0.15) is 0 Å². The van der Waals surface area contributed by atoms with Gasteiger partial charge in [0, 0.05) is 34.7 Å². The van der Waals surface area contributed by atoms with E-state index in [9.17, 15) is 18.0 Å². The van der Waals surface area contributed by atoms with Crippen LogP contribution in [0.25, 0.3) is 0 Å². The van der Waals surface area contributed by atoms with Crippen LogP contribution in [0, 0.1) is 5.92 Å². The van der Waals surface area contributed by atoms with E-state index in [2.05, 4.69) is 20.7 Å². The maximum atomic E-state index is 12.7. The molecule has 0 atom stereocenters. The Hall–Kier alpha value is -2.39. The van der Waals surface area contributed by atoms with Gasteiger partial charge >= 0.3 is 0 Å². The van der Waals surface area contributed by atoms with Gasteiger partial charge in [0.2, 0.25) is 5.91 Å². The summed E-state index contributed by atoms with van der Waals surface area (Å²) in [5, 5.41) is 0. The second kappa shape index (κ2) is 8.32. The molecule has 2 amide bonds. The van der Waals surface area contributed by atoms with Crippen molar-refractivity contribution in [2.45, 2.75) is 17.7 Å². The van der Waals surface area contributed by atoms with Gasteiger partial charge in [-0.25, -0.2) is 8.42 Å². The number of carbonyl (C=O) groups is 2. The second-order valence-corrected chi connectivity index (χ2v) is 9.21. The Morgan fingerprint density at radius 2 is 1.71 bits per heavy atom. The van der Waals surface area contributed by atoms with E-state index in [0.29, 0.717) is 37.2 Å². The molecule has 0 unspecified atom stereocenters. The zero-order chi connectivity index (χ0) is 20.3. The zero-order valence-corrected chi connectivity index (χ0v) is 17.4. The van der Waals surface area contributed by atoms with Gasteiger partial charge in [0.05, 0.1) is 4.90 Å². The van der Waals surface area contributed by atoms with Gasteiger partial charge in [-0.05, 0) is 55.3 Å². The predicted molar refractivity (Wildman–Crippen MR) is 109 cm³/mol. The molecule has 3 N–H and O–H groups in total. The topological polar surface area (TPSA) is 110 Å². The van der Waals surface area contributed by atoms with E-state index in [1.54, 1.807) is 35.2 Å². The molecule has 1 fully saturated rings. The lowest BCUT2D eigenvalue weighted by Crippen LogP contribution is -2.41.